The van der Waals surface area contributed by atoms with E-state index in [2.05, 4.69) is 48.2 Å². The van der Waals surface area contributed by atoms with E-state index in [1.807, 2.05) is 5.38 Å². The minimum atomic E-state index is -0.108. The maximum atomic E-state index is 6.15. The Bertz CT molecular complexity index is 448. The van der Waals surface area contributed by atoms with E-state index in [9.17, 15) is 0 Å². The second-order valence-electron chi connectivity index (χ2n) is 4.33. The van der Waals surface area contributed by atoms with E-state index in [4.69, 9.17) is 5.73 Å². The third-order valence-corrected chi connectivity index (χ3v) is 3.41. The van der Waals surface area contributed by atoms with Crippen LogP contribution in [0.25, 0.3) is 0 Å². The summed E-state index contributed by atoms with van der Waals surface area (Å²) in [7, 11) is 4.13. The molecule has 1 aromatic heterocycles. The highest BCUT2D eigenvalue weighted by Crippen LogP contribution is 2.21. The summed E-state index contributed by atoms with van der Waals surface area (Å²) < 4.78 is 0. The summed E-state index contributed by atoms with van der Waals surface area (Å²) in [4.78, 5) is 6.40. The van der Waals surface area contributed by atoms with Crippen LogP contribution in [0.5, 0.6) is 0 Å². The lowest BCUT2D eigenvalue weighted by atomic mass is 10.1. The third-order valence-electron chi connectivity index (χ3n) is 2.56. The molecule has 0 aliphatic rings. The summed E-state index contributed by atoms with van der Waals surface area (Å²) in [5.74, 6) is 0. The Morgan fingerprint density at radius 1 is 1.29 bits per heavy atom. The standard InChI is InChI=1S/C13H17N3S/c1-16(2)9-10-3-5-11(6-4-10)12(14)13-15-7-8-17-13/h3-8,12H,9,14H2,1-2H3. The van der Waals surface area contributed by atoms with Gasteiger partial charge in [-0.05, 0) is 25.2 Å². The van der Waals surface area contributed by atoms with E-state index < -0.39 is 0 Å². The van der Waals surface area contributed by atoms with Crippen molar-refractivity contribution < 1.29 is 0 Å². The van der Waals surface area contributed by atoms with Crippen LogP contribution in [0.1, 0.15) is 22.2 Å². The molecule has 0 saturated heterocycles. The van der Waals surface area contributed by atoms with Gasteiger partial charge < -0.3 is 10.6 Å². The van der Waals surface area contributed by atoms with Gasteiger partial charge in [0.05, 0.1) is 6.04 Å². The van der Waals surface area contributed by atoms with E-state index >= 15 is 0 Å². The van der Waals surface area contributed by atoms with E-state index in [1.165, 1.54) is 5.56 Å². The summed E-state index contributed by atoms with van der Waals surface area (Å²) in [5, 5.41) is 2.92. The molecule has 0 radical (unpaired) electrons. The molecule has 1 aromatic carbocycles. The molecule has 1 heterocycles. The molecular weight excluding hydrogens is 230 g/mol. The van der Waals surface area contributed by atoms with Crippen molar-refractivity contribution in [3.05, 3.63) is 52.0 Å². The molecule has 0 amide bonds. The van der Waals surface area contributed by atoms with Crippen LogP contribution in [0.2, 0.25) is 0 Å². The van der Waals surface area contributed by atoms with Gasteiger partial charge in [0, 0.05) is 18.1 Å². The van der Waals surface area contributed by atoms with Gasteiger partial charge in [-0.3, -0.25) is 0 Å². The maximum Gasteiger partial charge on any atom is 0.114 e. The van der Waals surface area contributed by atoms with Crippen molar-refractivity contribution in [2.45, 2.75) is 12.6 Å². The van der Waals surface area contributed by atoms with Crippen molar-refractivity contribution in [1.82, 2.24) is 9.88 Å². The van der Waals surface area contributed by atoms with Gasteiger partial charge in [0.15, 0.2) is 0 Å². The van der Waals surface area contributed by atoms with Crippen LogP contribution < -0.4 is 5.73 Å². The quantitative estimate of drug-likeness (QED) is 0.901. The SMILES string of the molecule is CN(C)Cc1ccc(C(N)c2nccs2)cc1. The molecular formula is C13H17N3S. The van der Waals surface area contributed by atoms with Crippen molar-refractivity contribution in [3.63, 3.8) is 0 Å². The summed E-state index contributed by atoms with van der Waals surface area (Å²) in [6.45, 7) is 0.951. The van der Waals surface area contributed by atoms with Gasteiger partial charge in [0.25, 0.3) is 0 Å². The van der Waals surface area contributed by atoms with Crippen LogP contribution in [-0.4, -0.2) is 24.0 Å². The average molecular weight is 247 g/mol. The minimum Gasteiger partial charge on any atom is -0.318 e. The second-order valence-corrected chi connectivity index (χ2v) is 5.25. The van der Waals surface area contributed by atoms with Crippen molar-refractivity contribution in [2.75, 3.05) is 14.1 Å². The molecule has 0 fully saturated rings. The van der Waals surface area contributed by atoms with Crippen LogP contribution in [0.15, 0.2) is 35.8 Å². The van der Waals surface area contributed by atoms with Gasteiger partial charge in [-0.1, -0.05) is 24.3 Å². The van der Waals surface area contributed by atoms with Gasteiger partial charge in [-0.25, -0.2) is 4.98 Å². The fourth-order valence-corrected chi connectivity index (χ4v) is 2.39. The average Bonchev–Trinajstić information content (AvgIpc) is 2.82. The highest BCUT2D eigenvalue weighted by molar-refractivity contribution is 7.09. The molecule has 3 nitrogen and oxygen atoms in total. The Morgan fingerprint density at radius 2 is 2.00 bits per heavy atom. The van der Waals surface area contributed by atoms with E-state index in [0.29, 0.717) is 0 Å². The molecule has 2 N–H and O–H groups in total. The Balaban J connectivity index is 2.12. The first-order valence-electron chi connectivity index (χ1n) is 5.55. The lowest BCUT2D eigenvalue weighted by molar-refractivity contribution is 0.402. The Kier molecular flexibility index (Phi) is 3.89. The van der Waals surface area contributed by atoms with Gasteiger partial charge in [0.2, 0.25) is 0 Å². The van der Waals surface area contributed by atoms with Crippen LogP contribution in [0.4, 0.5) is 0 Å². The van der Waals surface area contributed by atoms with Gasteiger partial charge in [0.1, 0.15) is 5.01 Å². The number of rotatable bonds is 4. The highest BCUT2D eigenvalue weighted by Gasteiger charge is 2.10. The predicted molar refractivity (Wildman–Crippen MR) is 72.0 cm³/mol. The molecule has 0 aliphatic carbocycles. The van der Waals surface area contributed by atoms with Crippen molar-refractivity contribution in [2.24, 2.45) is 5.73 Å². The highest BCUT2D eigenvalue weighted by atomic mass is 32.1. The summed E-state index contributed by atoms with van der Waals surface area (Å²) in [5.41, 5.74) is 8.56. The fourth-order valence-electron chi connectivity index (χ4n) is 1.73. The smallest absolute Gasteiger partial charge is 0.114 e. The van der Waals surface area contributed by atoms with Crippen LogP contribution in [0, 0.1) is 0 Å². The first kappa shape index (κ1) is 12.2. The predicted octanol–water partition coefficient (Wildman–Crippen LogP) is 2.25. The molecule has 4 heteroatoms. The summed E-state index contributed by atoms with van der Waals surface area (Å²) in [6.07, 6.45) is 1.79. The first-order valence-corrected chi connectivity index (χ1v) is 6.43. The zero-order valence-electron chi connectivity index (χ0n) is 10.1. The van der Waals surface area contributed by atoms with Gasteiger partial charge >= 0.3 is 0 Å². The number of aromatic nitrogens is 1. The van der Waals surface area contributed by atoms with Crippen LogP contribution >= 0.6 is 11.3 Å². The zero-order valence-corrected chi connectivity index (χ0v) is 10.9. The topological polar surface area (TPSA) is 42.1 Å². The molecule has 0 saturated carbocycles. The van der Waals surface area contributed by atoms with E-state index in [1.54, 1.807) is 17.5 Å². The molecule has 0 bridgehead atoms. The van der Waals surface area contributed by atoms with Gasteiger partial charge in [-0.15, -0.1) is 11.3 Å². The molecule has 2 rings (SSSR count). The number of benzene rings is 1. The molecule has 1 unspecified atom stereocenters. The molecule has 2 aromatic rings. The summed E-state index contributed by atoms with van der Waals surface area (Å²) >= 11 is 1.60. The van der Waals surface area contributed by atoms with Crippen molar-refractivity contribution in [1.29, 1.82) is 0 Å². The van der Waals surface area contributed by atoms with Crippen molar-refractivity contribution in [3.8, 4) is 0 Å². The largest absolute Gasteiger partial charge is 0.318 e. The number of nitrogens with two attached hydrogens (primary N) is 1. The van der Waals surface area contributed by atoms with E-state index in [0.717, 1.165) is 17.1 Å². The zero-order chi connectivity index (χ0) is 12.3. The Hall–Kier alpha value is -1.23. The normalized spacial score (nSPS) is 12.9. The molecule has 0 aliphatic heterocycles. The number of thiazole rings is 1. The van der Waals surface area contributed by atoms with Crippen LogP contribution in [0.3, 0.4) is 0 Å². The van der Waals surface area contributed by atoms with Gasteiger partial charge in [-0.2, -0.15) is 0 Å². The first-order chi connectivity index (χ1) is 8.16. The number of nitrogens with zero attached hydrogens (tertiary/aromatic N) is 2. The monoisotopic (exact) mass is 247 g/mol. The maximum absolute atomic E-state index is 6.15. The Labute approximate surface area is 106 Å². The lowest BCUT2D eigenvalue weighted by Gasteiger charge is -2.12. The summed E-state index contributed by atoms with van der Waals surface area (Å²) in [6, 6.07) is 8.32. The molecule has 0 spiro atoms. The van der Waals surface area contributed by atoms with Crippen molar-refractivity contribution >= 4 is 11.3 Å². The second kappa shape index (κ2) is 5.40. The minimum absolute atomic E-state index is 0.108. The van der Waals surface area contributed by atoms with Crippen LogP contribution in [-0.2, 0) is 6.54 Å². The number of hydrogen-bond donors (Lipinski definition) is 1. The molecule has 17 heavy (non-hydrogen) atoms. The third kappa shape index (κ3) is 3.12. The van der Waals surface area contributed by atoms with E-state index in [-0.39, 0.29) is 6.04 Å². The lowest BCUT2D eigenvalue weighted by Crippen LogP contribution is -2.13. The molecule has 1 atom stereocenters. The number of hydrogen-bond acceptors (Lipinski definition) is 4. The Morgan fingerprint density at radius 3 is 2.53 bits per heavy atom. The molecule has 90 valence electrons. The fraction of sp³-hybridized carbons (Fsp3) is 0.308.